The van der Waals surface area contributed by atoms with Crippen molar-refractivity contribution in [2.24, 2.45) is 5.92 Å². The number of hydrogen-bond acceptors (Lipinski definition) is 3. The Kier molecular flexibility index (Phi) is 5.51. The van der Waals surface area contributed by atoms with Crippen LogP contribution in [0.5, 0.6) is 0 Å². The van der Waals surface area contributed by atoms with Gasteiger partial charge in [0, 0.05) is 25.2 Å². The number of hydrogen-bond donors (Lipinski definition) is 1. The van der Waals surface area contributed by atoms with Gasteiger partial charge in [0.1, 0.15) is 6.04 Å². The molecule has 24 heavy (non-hydrogen) atoms. The summed E-state index contributed by atoms with van der Waals surface area (Å²) in [6, 6.07) is 8.94. The minimum absolute atomic E-state index is 0.00790. The molecule has 0 aromatic heterocycles. The molecule has 0 radical (unpaired) electrons. The summed E-state index contributed by atoms with van der Waals surface area (Å²) in [7, 11) is 2.11. The van der Waals surface area contributed by atoms with Gasteiger partial charge in [0.15, 0.2) is 0 Å². The third kappa shape index (κ3) is 3.96. The SMILES string of the molecule is CN1CCC(CNC(=O)C2CCCCN2C(=O)c2ccccc2)C1. The predicted molar refractivity (Wildman–Crippen MR) is 93.7 cm³/mol. The monoisotopic (exact) mass is 329 g/mol. The Labute approximate surface area is 144 Å². The van der Waals surface area contributed by atoms with Crippen molar-refractivity contribution >= 4 is 11.8 Å². The molecule has 2 saturated heterocycles. The lowest BCUT2D eigenvalue weighted by molar-refractivity contribution is -0.126. The van der Waals surface area contributed by atoms with Crippen LogP contribution in [0, 0.1) is 5.92 Å². The highest BCUT2D eigenvalue weighted by Crippen LogP contribution is 2.20. The van der Waals surface area contributed by atoms with Crippen molar-refractivity contribution in [3.05, 3.63) is 35.9 Å². The summed E-state index contributed by atoms with van der Waals surface area (Å²) >= 11 is 0. The third-order valence-electron chi connectivity index (χ3n) is 5.14. The Hall–Kier alpha value is -1.88. The molecule has 0 spiro atoms. The lowest BCUT2D eigenvalue weighted by Gasteiger charge is -2.35. The van der Waals surface area contributed by atoms with E-state index in [1.165, 1.54) is 0 Å². The Morgan fingerprint density at radius 3 is 2.62 bits per heavy atom. The third-order valence-corrected chi connectivity index (χ3v) is 5.14. The van der Waals surface area contributed by atoms with Gasteiger partial charge in [-0.05, 0) is 57.3 Å². The van der Waals surface area contributed by atoms with E-state index in [9.17, 15) is 9.59 Å². The van der Waals surface area contributed by atoms with Crippen molar-refractivity contribution in [2.75, 3.05) is 33.2 Å². The number of likely N-dealkylation sites (tertiary alicyclic amines) is 2. The number of rotatable bonds is 4. The first-order valence-electron chi connectivity index (χ1n) is 8.97. The first-order valence-corrected chi connectivity index (χ1v) is 8.97. The van der Waals surface area contributed by atoms with E-state index < -0.39 is 0 Å². The van der Waals surface area contributed by atoms with Crippen LogP contribution in [-0.4, -0.2) is 60.9 Å². The summed E-state index contributed by atoms with van der Waals surface area (Å²) < 4.78 is 0. The quantitative estimate of drug-likeness (QED) is 0.916. The maximum atomic E-state index is 12.8. The summed E-state index contributed by atoms with van der Waals surface area (Å²) in [6.45, 7) is 3.52. The molecule has 2 fully saturated rings. The van der Waals surface area contributed by atoms with Crippen LogP contribution in [0.3, 0.4) is 0 Å². The molecule has 130 valence electrons. The summed E-state index contributed by atoms with van der Waals surface area (Å²) in [4.78, 5) is 29.5. The molecule has 1 aromatic carbocycles. The van der Waals surface area contributed by atoms with E-state index in [1.54, 1.807) is 4.90 Å². The molecule has 2 amide bonds. The zero-order chi connectivity index (χ0) is 16.9. The summed E-state index contributed by atoms with van der Waals surface area (Å²) in [5.41, 5.74) is 0.662. The van der Waals surface area contributed by atoms with Crippen LogP contribution in [0.15, 0.2) is 30.3 Å². The van der Waals surface area contributed by atoms with Crippen molar-refractivity contribution in [1.29, 1.82) is 0 Å². The van der Waals surface area contributed by atoms with Gasteiger partial charge in [0.05, 0.1) is 0 Å². The number of carbonyl (C=O) groups is 2. The van der Waals surface area contributed by atoms with E-state index >= 15 is 0 Å². The maximum Gasteiger partial charge on any atom is 0.254 e. The number of piperidine rings is 1. The van der Waals surface area contributed by atoms with Gasteiger partial charge >= 0.3 is 0 Å². The van der Waals surface area contributed by atoms with Crippen LogP contribution in [0.4, 0.5) is 0 Å². The molecule has 0 aliphatic carbocycles. The Bertz CT molecular complexity index is 575. The smallest absolute Gasteiger partial charge is 0.254 e. The van der Waals surface area contributed by atoms with Gasteiger partial charge in [-0.15, -0.1) is 0 Å². The number of amides is 2. The number of nitrogens with one attached hydrogen (secondary N) is 1. The number of carbonyl (C=O) groups excluding carboxylic acids is 2. The Balaban J connectivity index is 1.61. The normalized spacial score (nSPS) is 24.8. The average molecular weight is 329 g/mol. The van der Waals surface area contributed by atoms with Gasteiger partial charge in [-0.2, -0.15) is 0 Å². The average Bonchev–Trinajstić information content (AvgIpc) is 3.05. The highest BCUT2D eigenvalue weighted by molar-refractivity contribution is 5.97. The van der Waals surface area contributed by atoms with Crippen molar-refractivity contribution in [2.45, 2.75) is 31.7 Å². The van der Waals surface area contributed by atoms with E-state index in [-0.39, 0.29) is 17.9 Å². The van der Waals surface area contributed by atoms with E-state index in [2.05, 4.69) is 17.3 Å². The fourth-order valence-electron chi connectivity index (χ4n) is 3.75. The molecule has 1 aromatic rings. The van der Waals surface area contributed by atoms with Crippen molar-refractivity contribution < 1.29 is 9.59 Å². The molecule has 2 atom stereocenters. The fourth-order valence-corrected chi connectivity index (χ4v) is 3.75. The van der Waals surface area contributed by atoms with Crippen LogP contribution < -0.4 is 5.32 Å². The van der Waals surface area contributed by atoms with Crippen LogP contribution in [0.25, 0.3) is 0 Å². The molecule has 0 saturated carbocycles. The fraction of sp³-hybridized carbons (Fsp3) is 0.579. The van der Waals surface area contributed by atoms with E-state index in [0.717, 1.165) is 38.8 Å². The number of nitrogens with zero attached hydrogens (tertiary/aromatic N) is 2. The van der Waals surface area contributed by atoms with Crippen LogP contribution in [0.2, 0.25) is 0 Å². The second kappa shape index (κ2) is 7.79. The lowest BCUT2D eigenvalue weighted by Crippen LogP contribution is -2.52. The minimum Gasteiger partial charge on any atom is -0.354 e. The molecular formula is C19H27N3O2. The predicted octanol–water partition coefficient (Wildman–Crippen LogP) is 1.75. The Morgan fingerprint density at radius 2 is 1.92 bits per heavy atom. The molecule has 3 rings (SSSR count). The summed E-state index contributed by atoms with van der Waals surface area (Å²) in [5.74, 6) is 0.505. The van der Waals surface area contributed by atoms with Crippen molar-refractivity contribution in [3.8, 4) is 0 Å². The minimum atomic E-state index is -0.328. The van der Waals surface area contributed by atoms with E-state index in [4.69, 9.17) is 0 Å². The van der Waals surface area contributed by atoms with Gasteiger partial charge in [0.2, 0.25) is 5.91 Å². The van der Waals surface area contributed by atoms with Crippen LogP contribution in [0.1, 0.15) is 36.0 Å². The molecule has 1 N–H and O–H groups in total. The number of benzene rings is 1. The second-order valence-corrected chi connectivity index (χ2v) is 7.04. The molecule has 2 unspecified atom stereocenters. The highest BCUT2D eigenvalue weighted by Gasteiger charge is 2.33. The van der Waals surface area contributed by atoms with Gasteiger partial charge in [-0.3, -0.25) is 9.59 Å². The van der Waals surface area contributed by atoms with Gasteiger partial charge in [-0.25, -0.2) is 0 Å². The molecule has 2 heterocycles. The molecular weight excluding hydrogens is 302 g/mol. The Morgan fingerprint density at radius 1 is 1.12 bits per heavy atom. The van der Waals surface area contributed by atoms with E-state index in [0.29, 0.717) is 24.6 Å². The molecule has 5 nitrogen and oxygen atoms in total. The maximum absolute atomic E-state index is 12.8. The molecule has 2 aliphatic heterocycles. The summed E-state index contributed by atoms with van der Waals surface area (Å²) in [6.07, 6.45) is 3.86. The van der Waals surface area contributed by atoms with E-state index in [1.807, 2.05) is 30.3 Å². The van der Waals surface area contributed by atoms with Gasteiger partial charge < -0.3 is 15.1 Å². The van der Waals surface area contributed by atoms with Crippen LogP contribution in [-0.2, 0) is 4.79 Å². The highest BCUT2D eigenvalue weighted by atomic mass is 16.2. The molecule has 0 bridgehead atoms. The zero-order valence-electron chi connectivity index (χ0n) is 14.4. The topological polar surface area (TPSA) is 52.7 Å². The van der Waals surface area contributed by atoms with Gasteiger partial charge in [0.25, 0.3) is 5.91 Å². The second-order valence-electron chi connectivity index (χ2n) is 7.04. The van der Waals surface area contributed by atoms with Crippen molar-refractivity contribution in [1.82, 2.24) is 15.1 Å². The van der Waals surface area contributed by atoms with Crippen molar-refractivity contribution in [3.63, 3.8) is 0 Å². The molecule has 2 aliphatic rings. The first-order chi connectivity index (χ1) is 11.6. The largest absolute Gasteiger partial charge is 0.354 e. The van der Waals surface area contributed by atoms with Gasteiger partial charge in [-0.1, -0.05) is 18.2 Å². The summed E-state index contributed by atoms with van der Waals surface area (Å²) in [5, 5.41) is 3.09. The van der Waals surface area contributed by atoms with Crippen LogP contribution >= 0.6 is 0 Å². The standard InChI is InChI=1S/C19H27N3O2/c1-21-12-10-15(14-21)13-20-18(23)17-9-5-6-11-22(17)19(24)16-7-3-2-4-8-16/h2-4,7-8,15,17H,5-6,9-14H2,1H3,(H,20,23). The lowest BCUT2D eigenvalue weighted by atomic mass is 9.99. The first kappa shape index (κ1) is 17.0. The zero-order valence-corrected chi connectivity index (χ0v) is 14.4. The molecule has 5 heteroatoms.